The van der Waals surface area contributed by atoms with Crippen LogP contribution in [0.15, 0.2) is 45.8 Å². The quantitative estimate of drug-likeness (QED) is 0.769. The van der Waals surface area contributed by atoms with Crippen molar-refractivity contribution >= 4 is 10.9 Å². The van der Waals surface area contributed by atoms with E-state index >= 15 is 0 Å². The Morgan fingerprint density at radius 1 is 1.19 bits per heavy atom. The summed E-state index contributed by atoms with van der Waals surface area (Å²) in [4.78, 5) is 15.2. The molecule has 0 saturated heterocycles. The molecule has 2 aromatic heterocycles. The molecule has 0 unspecified atom stereocenters. The van der Waals surface area contributed by atoms with E-state index in [4.69, 9.17) is 4.42 Å². The molecule has 0 radical (unpaired) electrons. The zero-order chi connectivity index (χ0) is 14.8. The van der Waals surface area contributed by atoms with Crippen molar-refractivity contribution in [3.63, 3.8) is 0 Å². The Bertz CT molecular complexity index is 817. The van der Waals surface area contributed by atoms with E-state index in [1.54, 1.807) is 6.26 Å². The highest BCUT2D eigenvalue weighted by atomic mass is 16.3. The maximum Gasteiger partial charge on any atom is 0.257 e. The average molecular weight is 283 g/mol. The minimum absolute atomic E-state index is 0.00750. The number of aryl methyl sites for hydroxylation is 2. The largest absolute Gasteiger partial charge is 0.463 e. The number of quaternary nitrogens is 1. The lowest BCUT2D eigenvalue weighted by atomic mass is 10.0. The molecule has 4 heteroatoms. The Balaban J connectivity index is 1.84. The van der Waals surface area contributed by atoms with Gasteiger partial charge in [-0.1, -0.05) is 12.1 Å². The number of aromatic nitrogens is 1. The molecule has 2 heterocycles. The second kappa shape index (κ2) is 5.58. The molecule has 0 saturated carbocycles. The fourth-order valence-corrected chi connectivity index (χ4v) is 2.52. The fraction of sp³-hybridized carbons (Fsp3) is 0.235. The van der Waals surface area contributed by atoms with Crippen LogP contribution in [0, 0.1) is 13.8 Å². The Kier molecular flexibility index (Phi) is 3.62. The maximum atomic E-state index is 12.2. The van der Waals surface area contributed by atoms with Gasteiger partial charge in [-0.15, -0.1) is 0 Å². The molecule has 1 aromatic carbocycles. The van der Waals surface area contributed by atoms with Crippen molar-refractivity contribution in [2.45, 2.75) is 26.9 Å². The minimum Gasteiger partial charge on any atom is -0.463 e. The predicted molar refractivity (Wildman–Crippen MR) is 82.1 cm³/mol. The highest BCUT2D eigenvalue weighted by molar-refractivity contribution is 5.83. The monoisotopic (exact) mass is 283 g/mol. The molecule has 0 spiro atoms. The van der Waals surface area contributed by atoms with Gasteiger partial charge in [0.1, 0.15) is 13.1 Å². The third-order valence-corrected chi connectivity index (χ3v) is 3.92. The van der Waals surface area contributed by atoms with Crippen LogP contribution in [-0.4, -0.2) is 4.98 Å². The number of nitrogens with one attached hydrogen (secondary N) is 1. The lowest BCUT2D eigenvalue weighted by molar-refractivity contribution is -0.688. The molecule has 3 rings (SSSR count). The van der Waals surface area contributed by atoms with Crippen molar-refractivity contribution in [3.05, 3.63) is 69.4 Å². The number of rotatable bonds is 4. The second-order valence-electron chi connectivity index (χ2n) is 5.37. The van der Waals surface area contributed by atoms with Gasteiger partial charge in [0.05, 0.1) is 17.3 Å². The normalized spacial score (nSPS) is 11.1. The van der Waals surface area contributed by atoms with E-state index in [0.717, 1.165) is 34.3 Å². The van der Waals surface area contributed by atoms with Crippen LogP contribution in [-0.2, 0) is 13.1 Å². The molecule has 0 bridgehead atoms. The van der Waals surface area contributed by atoms with Gasteiger partial charge in [-0.3, -0.25) is 4.79 Å². The smallest absolute Gasteiger partial charge is 0.257 e. The number of hydrogen-bond donors (Lipinski definition) is 2. The molecular formula is C17H19N2O2+. The highest BCUT2D eigenvalue weighted by Crippen LogP contribution is 2.18. The molecule has 0 aliphatic rings. The van der Waals surface area contributed by atoms with Gasteiger partial charge in [0.15, 0.2) is 5.76 Å². The summed E-state index contributed by atoms with van der Waals surface area (Å²) in [5.41, 5.74) is 4.05. The highest BCUT2D eigenvalue weighted by Gasteiger charge is 2.08. The molecule has 21 heavy (non-hydrogen) atoms. The van der Waals surface area contributed by atoms with E-state index in [2.05, 4.69) is 29.4 Å². The van der Waals surface area contributed by atoms with Crippen molar-refractivity contribution in [1.29, 1.82) is 0 Å². The van der Waals surface area contributed by atoms with Crippen LogP contribution in [0.1, 0.15) is 22.5 Å². The van der Waals surface area contributed by atoms with E-state index in [1.807, 2.05) is 25.1 Å². The summed E-state index contributed by atoms with van der Waals surface area (Å²) in [5.74, 6) is 0.915. The molecular weight excluding hydrogens is 264 g/mol. The summed E-state index contributed by atoms with van der Waals surface area (Å²) >= 11 is 0. The van der Waals surface area contributed by atoms with E-state index < -0.39 is 0 Å². The van der Waals surface area contributed by atoms with Gasteiger partial charge >= 0.3 is 0 Å². The summed E-state index contributed by atoms with van der Waals surface area (Å²) in [6, 6.07) is 9.94. The molecule has 0 aliphatic carbocycles. The second-order valence-corrected chi connectivity index (χ2v) is 5.37. The number of fused-ring (bicyclic) bond motifs is 1. The van der Waals surface area contributed by atoms with Crippen LogP contribution < -0.4 is 10.9 Å². The molecule has 0 atom stereocenters. The van der Waals surface area contributed by atoms with E-state index in [9.17, 15) is 4.79 Å². The standard InChI is InChI=1S/C17H18N2O2/c1-11-5-6-13-8-14(17(20)19-16(13)12(11)2)9-18-10-15-4-3-7-21-15/h3-8,18H,9-10H2,1-2H3,(H,19,20)/p+1. The van der Waals surface area contributed by atoms with Gasteiger partial charge < -0.3 is 14.7 Å². The van der Waals surface area contributed by atoms with Crippen molar-refractivity contribution < 1.29 is 9.73 Å². The molecule has 0 fully saturated rings. The number of nitrogens with two attached hydrogens (primary N) is 1. The lowest BCUT2D eigenvalue weighted by Gasteiger charge is -2.07. The van der Waals surface area contributed by atoms with Gasteiger partial charge in [-0.2, -0.15) is 0 Å². The topological polar surface area (TPSA) is 62.6 Å². The summed E-state index contributed by atoms with van der Waals surface area (Å²) in [7, 11) is 0. The summed E-state index contributed by atoms with van der Waals surface area (Å²) in [6.07, 6.45) is 1.66. The van der Waals surface area contributed by atoms with E-state index in [0.29, 0.717) is 6.54 Å². The van der Waals surface area contributed by atoms with Crippen molar-refractivity contribution in [1.82, 2.24) is 4.98 Å². The molecule has 0 aliphatic heterocycles. The molecule has 3 aromatic rings. The van der Waals surface area contributed by atoms with Crippen LogP contribution in [0.2, 0.25) is 0 Å². The molecule has 108 valence electrons. The third kappa shape index (κ3) is 2.76. The van der Waals surface area contributed by atoms with Gasteiger partial charge in [0, 0.05) is 0 Å². The summed E-state index contributed by atoms with van der Waals surface area (Å²) < 4.78 is 5.28. The predicted octanol–water partition coefficient (Wildman–Crippen LogP) is 2.00. The Morgan fingerprint density at radius 2 is 2.05 bits per heavy atom. The first-order chi connectivity index (χ1) is 10.1. The zero-order valence-electron chi connectivity index (χ0n) is 12.3. The summed E-state index contributed by atoms with van der Waals surface area (Å²) in [5, 5.41) is 3.15. The number of aromatic amines is 1. The Hall–Kier alpha value is -2.33. The van der Waals surface area contributed by atoms with Crippen molar-refractivity contribution in [2.24, 2.45) is 0 Å². The number of hydrogen-bond acceptors (Lipinski definition) is 2. The van der Waals surface area contributed by atoms with Crippen molar-refractivity contribution in [3.8, 4) is 0 Å². The van der Waals surface area contributed by atoms with E-state index in [-0.39, 0.29) is 5.56 Å². The summed E-state index contributed by atoms with van der Waals surface area (Å²) in [6.45, 7) is 5.46. The van der Waals surface area contributed by atoms with Crippen LogP contribution in [0.25, 0.3) is 10.9 Å². The number of H-pyrrole nitrogens is 1. The van der Waals surface area contributed by atoms with Crippen LogP contribution in [0.3, 0.4) is 0 Å². The van der Waals surface area contributed by atoms with Crippen LogP contribution in [0.5, 0.6) is 0 Å². The first kappa shape index (κ1) is 13.6. The van der Waals surface area contributed by atoms with Gasteiger partial charge in [-0.05, 0) is 48.6 Å². The first-order valence-electron chi connectivity index (χ1n) is 7.11. The van der Waals surface area contributed by atoms with E-state index in [1.165, 1.54) is 5.56 Å². The van der Waals surface area contributed by atoms with Crippen LogP contribution in [0.4, 0.5) is 0 Å². The van der Waals surface area contributed by atoms with Crippen molar-refractivity contribution in [2.75, 3.05) is 0 Å². The Morgan fingerprint density at radius 3 is 2.81 bits per heavy atom. The fourth-order valence-electron chi connectivity index (χ4n) is 2.52. The average Bonchev–Trinajstić information content (AvgIpc) is 2.98. The molecule has 0 amide bonds. The third-order valence-electron chi connectivity index (χ3n) is 3.92. The van der Waals surface area contributed by atoms with Gasteiger partial charge in [0.25, 0.3) is 5.56 Å². The van der Waals surface area contributed by atoms with Gasteiger partial charge in [-0.25, -0.2) is 0 Å². The maximum absolute atomic E-state index is 12.2. The Labute approximate surface area is 122 Å². The number of pyridine rings is 1. The van der Waals surface area contributed by atoms with Gasteiger partial charge in [0.2, 0.25) is 0 Å². The lowest BCUT2D eigenvalue weighted by Crippen LogP contribution is -2.81. The number of benzene rings is 1. The SMILES string of the molecule is Cc1ccc2cc(C[NH2+]Cc3ccco3)c(=O)[nH]c2c1C. The first-order valence-corrected chi connectivity index (χ1v) is 7.11. The zero-order valence-corrected chi connectivity index (χ0v) is 12.3. The number of furan rings is 1. The molecule has 3 N–H and O–H groups in total. The van der Waals surface area contributed by atoms with Crippen LogP contribution >= 0.6 is 0 Å². The molecule has 4 nitrogen and oxygen atoms in total. The minimum atomic E-state index is -0.00750.